The van der Waals surface area contributed by atoms with Crippen molar-refractivity contribution in [2.24, 2.45) is 0 Å². The van der Waals surface area contributed by atoms with Crippen LogP contribution in [0.3, 0.4) is 0 Å². The van der Waals surface area contributed by atoms with E-state index in [1.54, 1.807) is 24.3 Å². The van der Waals surface area contributed by atoms with E-state index in [9.17, 15) is 9.59 Å². The van der Waals surface area contributed by atoms with Gasteiger partial charge < -0.3 is 5.11 Å². The highest BCUT2D eigenvalue weighted by atomic mass is 127. The highest BCUT2D eigenvalue weighted by Gasteiger charge is 2.21. The molecule has 21 heavy (non-hydrogen) atoms. The number of aryl methyl sites for hydroxylation is 1. The van der Waals surface area contributed by atoms with Crippen LogP contribution in [0.4, 0.5) is 5.69 Å². The molecule has 0 unspecified atom stereocenters. The van der Waals surface area contributed by atoms with Gasteiger partial charge in [-0.1, -0.05) is 29.8 Å². The molecule has 2 aromatic carbocycles. The molecule has 0 aliphatic heterocycles. The summed E-state index contributed by atoms with van der Waals surface area (Å²) in [5.41, 5.74) is 2.13. The molecule has 0 aromatic heterocycles. The molecule has 108 valence electrons. The number of carboxylic acid groups (broad SMARTS) is 1. The van der Waals surface area contributed by atoms with Gasteiger partial charge in [-0.25, -0.2) is 0 Å². The summed E-state index contributed by atoms with van der Waals surface area (Å²) in [5.74, 6) is -1.36. The van der Waals surface area contributed by atoms with Crippen LogP contribution in [0.25, 0.3) is 0 Å². The van der Waals surface area contributed by atoms with Crippen LogP contribution in [0.1, 0.15) is 15.9 Å². The van der Waals surface area contributed by atoms with E-state index >= 15 is 0 Å². The number of carbonyl (C=O) groups excluding carboxylic acids is 1. The minimum atomic E-state index is -1.05. The molecule has 0 spiro atoms. The molecule has 0 radical (unpaired) electrons. The number of carboxylic acids is 1. The van der Waals surface area contributed by atoms with Crippen molar-refractivity contribution < 1.29 is 14.7 Å². The molecule has 0 saturated carbocycles. The van der Waals surface area contributed by atoms with Crippen LogP contribution in [-0.2, 0) is 4.79 Å². The number of hydrogen-bond acceptors (Lipinski definition) is 2. The summed E-state index contributed by atoms with van der Waals surface area (Å²) in [7, 11) is 0. The Labute approximate surface area is 136 Å². The molecule has 1 N–H and O–H groups in total. The zero-order valence-corrected chi connectivity index (χ0v) is 13.6. The van der Waals surface area contributed by atoms with Gasteiger partial charge in [0.05, 0.1) is 5.56 Å². The van der Waals surface area contributed by atoms with Crippen LogP contribution < -0.4 is 4.90 Å². The van der Waals surface area contributed by atoms with E-state index < -0.39 is 5.97 Å². The lowest BCUT2D eigenvalue weighted by Gasteiger charge is -2.21. The predicted octanol–water partition coefficient (Wildman–Crippen LogP) is 3.33. The number of aliphatic carboxylic acids is 1. The summed E-state index contributed by atoms with van der Waals surface area (Å²) >= 11 is 2.07. The summed E-state index contributed by atoms with van der Waals surface area (Å²) in [5, 5.41) is 9.07. The fourth-order valence-corrected chi connectivity index (χ4v) is 2.54. The Morgan fingerprint density at radius 2 is 1.71 bits per heavy atom. The maximum atomic E-state index is 12.6. The molecular formula is C16H14INO3. The van der Waals surface area contributed by atoms with Crippen LogP contribution in [0, 0.1) is 10.5 Å². The number of hydrogen-bond donors (Lipinski definition) is 1. The van der Waals surface area contributed by atoms with Crippen molar-refractivity contribution in [3.05, 3.63) is 63.2 Å². The quantitative estimate of drug-likeness (QED) is 0.809. The lowest BCUT2D eigenvalue weighted by atomic mass is 10.1. The van der Waals surface area contributed by atoms with Crippen molar-refractivity contribution in [1.82, 2.24) is 0 Å². The highest BCUT2D eigenvalue weighted by Crippen LogP contribution is 2.20. The summed E-state index contributed by atoms with van der Waals surface area (Å²) in [4.78, 5) is 25.0. The number of carbonyl (C=O) groups is 2. The van der Waals surface area contributed by atoms with E-state index in [1.165, 1.54) is 4.90 Å². The van der Waals surface area contributed by atoms with E-state index in [2.05, 4.69) is 22.6 Å². The molecular weight excluding hydrogens is 381 g/mol. The molecule has 0 aliphatic carbocycles. The Hall–Kier alpha value is -1.89. The Kier molecular flexibility index (Phi) is 4.95. The maximum Gasteiger partial charge on any atom is 0.323 e. The number of anilines is 1. The molecule has 2 rings (SSSR count). The second kappa shape index (κ2) is 6.71. The van der Waals surface area contributed by atoms with E-state index in [-0.39, 0.29) is 12.5 Å². The molecule has 0 aliphatic rings. The Morgan fingerprint density at radius 1 is 1.10 bits per heavy atom. The van der Waals surface area contributed by atoms with Crippen molar-refractivity contribution in [2.75, 3.05) is 11.4 Å². The third-order valence-electron chi connectivity index (χ3n) is 2.99. The van der Waals surface area contributed by atoms with Crippen molar-refractivity contribution >= 4 is 40.2 Å². The average Bonchev–Trinajstić information content (AvgIpc) is 2.45. The third-order valence-corrected chi connectivity index (χ3v) is 3.93. The Bertz CT molecular complexity index is 667. The van der Waals surface area contributed by atoms with Gasteiger partial charge in [-0.05, 0) is 53.8 Å². The minimum Gasteiger partial charge on any atom is -0.480 e. The standard InChI is InChI=1S/C16H14INO3/c1-11-6-8-12(9-7-11)18(10-15(19)20)16(21)13-4-2-3-5-14(13)17/h2-9H,10H2,1H3,(H,19,20). The number of benzene rings is 2. The van der Waals surface area contributed by atoms with Gasteiger partial charge in [0.1, 0.15) is 6.54 Å². The molecule has 1 amide bonds. The molecule has 4 nitrogen and oxygen atoms in total. The fourth-order valence-electron chi connectivity index (χ4n) is 1.92. The number of nitrogens with zero attached hydrogens (tertiary/aromatic N) is 1. The Morgan fingerprint density at radius 3 is 2.29 bits per heavy atom. The van der Waals surface area contributed by atoms with Gasteiger partial charge in [0.2, 0.25) is 0 Å². The summed E-state index contributed by atoms with van der Waals surface area (Å²) < 4.78 is 0.794. The van der Waals surface area contributed by atoms with Gasteiger partial charge in [0.15, 0.2) is 0 Å². The van der Waals surface area contributed by atoms with Gasteiger partial charge in [-0.2, -0.15) is 0 Å². The molecule has 0 atom stereocenters. The van der Waals surface area contributed by atoms with Gasteiger partial charge in [0, 0.05) is 9.26 Å². The third kappa shape index (κ3) is 3.81. The molecule has 0 heterocycles. The second-order valence-corrected chi connectivity index (χ2v) is 5.76. The smallest absolute Gasteiger partial charge is 0.323 e. The number of halogens is 1. The van der Waals surface area contributed by atoms with Crippen LogP contribution >= 0.6 is 22.6 Å². The number of amides is 1. The van der Waals surface area contributed by atoms with E-state index in [4.69, 9.17) is 5.11 Å². The van der Waals surface area contributed by atoms with Crippen LogP contribution in [0.5, 0.6) is 0 Å². The fraction of sp³-hybridized carbons (Fsp3) is 0.125. The van der Waals surface area contributed by atoms with Crippen LogP contribution in [-0.4, -0.2) is 23.5 Å². The monoisotopic (exact) mass is 395 g/mol. The first-order chi connectivity index (χ1) is 9.99. The summed E-state index contributed by atoms with van der Waals surface area (Å²) in [6.07, 6.45) is 0. The zero-order valence-electron chi connectivity index (χ0n) is 11.4. The van der Waals surface area contributed by atoms with Crippen LogP contribution in [0.15, 0.2) is 48.5 Å². The van der Waals surface area contributed by atoms with Gasteiger partial charge in [0.25, 0.3) is 5.91 Å². The minimum absolute atomic E-state index is 0.314. The topological polar surface area (TPSA) is 57.6 Å². The van der Waals surface area contributed by atoms with Crippen molar-refractivity contribution in [2.45, 2.75) is 6.92 Å². The second-order valence-electron chi connectivity index (χ2n) is 4.60. The van der Waals surface area contributed by atoms with Crippen molar-refractivity contribution in [3.8, 4) is 0 Å². The van der Waals surface area contributed by atoms with Gasteiger partial charge >= 0.3 is 5.97 Å². The first kappa shape index (κ1) is 15.5. The molecule has 0 bridgehead atoms. The predicted molar refractivity (Wildman–Crippen MR) is 89.7 cm³/mol. The van der Waals surface area contributed by atoms with E-state index in [1.807, 2.05) is 31.2 Å². The van der Waals surface area contributed by atoms with Crippen molar-refractivity contribution in [3.63, 3.8) is 0 Å². The van der Waals surface area contributed by atoms with Crippen LogP contribution in [0.2, 0.25) is 0 Å². The zero-order chi connectivity index (χ0) is 15.4. The van der Waals surface area contributed by atoms with Crippen molar-refractivity contribution in [1.29, 1.82) is 0 Å². The molecule has 0 saturated heterocycles. The average molecular weight is 395 g/mol. The van der Waals surface area contributed by atoms with E-state index in [0.29, 0.717) is 11.3 Å². The van der Waals surface area contributed by atoms with Gasteiger partial charge in [-0.15, -0.1) is 0 Å². The molecule has 0 fully saturated rings. The summed E-state index contributed by atoms with van der Waals surface area (Å²) in [6, 6.07) is 14.4. The first-order valence-electron chi connectivity index (χ1n) is 6.34. The highest BCUT2D eigenvalue weighted by molar-refractivity contribution is 14.1. The lowest BCUT2D eigenvalue weighted by Crippen LogP contribution is -2.36. The maximum absolute atomic E-state index is 12.6. The SMILES string of the molecule is Cc1ccc(N(CC(=O)O)C(=O)c2ccccc2I)cc1. The van der Waals surface area contributed by atoms with Gasteiger partial charge in [-0.3, -0.25) is 14.5 Å². The normalized spacial score (nSPS) is 10.2. The van der Waals surface area contributed by atoms with E-state index in [0.717, 1.165) is 9.13 Å². The lowest BCUT2D eigenvalue weighted by molar-refractivity contribution is -0.135. The molecule has 2 aromatic rings. The molecule has 5 heteroatoms. The Balaban J connectivity index is 2.40. The largest absolute Gasteiger partial charge is 0.480 e. The summed E-state index contributed by atoms with van der Waals surface area (Å²) in [6.45, 7) is 1.57. The first-order valence-corrected chi connectivity index (χ1v) is 7.42. The number of rotatable bonds is 4.